The summed E-state index contributed by atoms with van der Waals surface area (Å²) >= 11 is 13.3. The number of thiophene rings is 1. The van der Waals surface area contributed by atoms with E-state index in [0.29, 0.717) is 18.1 Å². The zero-order chi connectivity index (χ0) is 15.2. The summed E-state index contributed by atoms with van der Waals surface area (Å²) in [6.45, 7) is 1.75. The van der Waals surface area contributed by atoms with E-state index < -0.39 is 0 Å². The van der Waals surface area contributed by atoms with Gasteiger partial charge >= 0.3 is 0 Å². The highest BCUT2D eigenvalue weighted by molar-refractivity contribution is 7.16. The Hall–Kier alpha value is -1.07. The lowest BCUT2D eigenvalue weighted by Crippen LogP contribution is -3.08. The molecule has 0 spiro atoms. The lowest BCUT2D eigenvalue weighted by Gasteiger charge is -2.13. The third-order valence-electron chi connectivity index (χ3n) is 2.97. The van der Waals surface area contributed by atoms with Crippen LogP contribution in [0.3, 0.4) is 0 Å². The Labute approximate surface area is 138 Å². The van der Waals surface area contributed by atoms with Crippen molar-refractivity contribution in [3.63, 3.8) is 0 Å². The van der Waals surface area contributed by atoms with Gasteiger partial charge in [-0.15, -0.1) is 11.3 Å². The Morgan fingerprint density at radius 2 is 1.90 bits per heavy atom. The minimum atomic E-state index is 0.0325. The molecular formula is C15H17Cl2N2OS+. The van der Waals surface area contributed by atoms with E-state index in [4.69, 9.17) is 23.2 Å². The number of rotatable bonds is 6. The van der Waals surface area contributed by atoms with Crippen molar-refractivity contribution in [3.8, 4) is 0 Å². The van der Waals surface area contributed by atoms with Crippen LogP contribution >= 0.6 is 34.5 Å². The van der Waals surface area contributed by atoms with Crippen molar-refractivity contribution in [2.45, 2.75) is 13.1 Å². The first-order valence-corrected chi connectivity index (χ1v) is 8.17. The molecule has 0 bridgehead atoms. The van der Waals surface area contributed by atoms with Crippen molar-refractivity contribution in [2.24, 2.45) is 0 Å². The van der Waals surface area contributed by atoms with E-state index in [1.54, 1.807) is 11.3 Å². The Balaban J connectivity index is 1.74. The van der Waals surface area contributed by atoms with Crippen molar-refractivity contribution < 1.29 is 9.69 Å². The topological polar surface area (TPSA) is 33.5 Å². The fraction of sp³-hybridized carbons (Fsp3) is 0.267. The van der Waals surface area contributed by atoms with Gasteiger partial charge in [-0.1, -0.05) is 35.3 Å². The van der Waals surface area contributed by atoms with Crippen LogP contribution in [0.4, 0.5) is 0 Å². The van der Waals surface area contributed by atoms with E-state index in [1.165, 1.54) is 4.88 Å². The Morgan fingerprint density at radius 3 is 2.52 bits per heavy atom. The lowest BCUT2D eigenvalue weighted by molar-refractivity contribution is -0.885. The molecule has 1 heterocycles. The molecule has 0 saturated heterocycles. The number of likely N-dealkylation sites (N-methyl/N-ethyl adjacent to an activating group) is 1. The molecule has 0 radical (unpaired) electrons. The van der Waals surface area contributed by atoms with Crippen molar-refractivity contribution in [1.29, 1.82) is 0 Å². The van der Waals surface area contributed by atoms with Gasteiger partial charge < -0.3 is 10.2 Å². The van der Waals surface area contributed by atoms with Gasteiger partial charge in [0.15, 0.2) is 6.54 Å². The molecule has 1 amide bonds. The molecule has 0 saturated carbocycles. The van der Waals surface area contributed by atoms with Crippen LogP contribution in [0.15, 0.2) is 36.4 Å². The van der Waals surface area contributed by atoms with Gasteiger partial charge in [-0.25, -0.2) is 0 Å². The lowest BCUT2D eigenvalue weighted by atomic mass is 10.2. The van der Waals surface area contributed by atoms with E-state index in [1.807, 2.05) is 43.4 Å². The molecule has 0 aliphatic rings. The van der Waals surface area contributed by atoms with Crippen LogP contribution in [0.2, 0.25) is 9.36 Å². The predicted molar refractivity (Wildman–Crippen MR) is 88.1 cm³/mol. The second-order valence-corrected chi connectivity index (χ2v) is 7.16. The van der Waals surface area contributed by atoms with E-state index in [2.05, 4.69) is 5.32 Å². The average molecular weight is 344 g/mol. The van der Waals surface area contributed by atoms with Crippen LogP contribution in [-0.2, 0) is 17.9 Å². The summed E-state index contributed by atoms with van der Waals surface area (Å²) in [6.07, 6.45) is 0. The van der Waals surface area contributed by atoms with Gasteiger partial charge in [0, 0.05) is 11.6 Å². The maximum atomic E-state index is 11.9. The van der Waals surface area contributed by atoms with Crippen LogP contribution < -0.4 is 10.2 Å². The number of hydrogen-bond acceptors (Lipinski definition) is 2. The summed E-state index contributed by atoms with van der Waals surface area (Å²) in [4.78, 5) is 14.2. The molecule has 1 aromatic carbocycles. The van der Waals surface area contributed by atoms with Crippen molar-refractivity contribution in [2.75, 3.05) is 13.6 Å². The first-order valence-electron chi connectivity index (χ1n) is 6.59. The maximum absolute atomic E-state index is 11.9. The number of benzene rings is 1. The van der Waals surface area contributed by atoms with Gasteiger partial charge in [-0.3, -0.25) is 4.79 Å². The van der Waals surface area contributed by atoms with Crippen molar-refractivity contribution in [3.05, 3.63) is 56.2 Å². The fourth-order valence-corrected chi connectivity index (χ4v) is 3.27. The summed E-state index contributed by atoms with van der Waals surface area (Å²) in [5.41, 5.74) is 1.04. The highest BCUT2D eigenvalue weighted by Crippen LogP contribution is 2.20. The summed E-state index contributed by atoms with van der Waals surface area (Å²) < 4.78 is 0.782. The number of amides is 1. The van der Waals surface area contributed by atoms with Gasteiger partial charge in [0.25, 0.3) is 5.91 Å². The molecule has 112 valence electrons. The van der Waals surface area contributed by atoms with E-state index in [9.17, 15) is 4.79 Å². The SMILES string of the molecule is C[NH+](CC(=O)NCc1ccc(Cl)cc1)Cc1ccc(Cl)s1. The number of halogens is 2. The molecule has 0 aliphatic carbocycles. The average Bonchev–Trinajstić information content (AvgIpc) is 2.83. The first kappa shape index (κ1) is 16.3. The van der Waals surface area contributed by atoms with Gasteiger partial charge in [-0.2, -0.15) is 0 Å². The van der Waals surface area contributed by atoms with E-state index in [-0.39, 0.29) is 5.91 Å². The summed E-state index contributed by atoms with van der Waals surface area (Å²) in [6, 6.07) is 11.3. The van der Waals surface area contributed by atoms with Crippen LogP contribution in [0, 0.1) is 0 Å². The number of quaternary nitrogens is 1. The smallest absolute Gasteiger partial charge is 0.275 e. The van der Waals surface area contributed by atoms with Crippen LogP contribution in [-0.4, -0.2) is 19.5 Å². The molecule has 1 atom stereocenters. The second kappa shape index (κ2) is 7.80. The van der Waals surface area contributed by atoms with Gasteiger partial charge in [0.1, 0.15) is 6.54 Å². The van der Waals surface area contributed by atoms with Crippen molar-refractivity contribution >= 4 is 40.4 Å². The minimum absolute atomic E-state index is 0.0325. The number of carbonyl (C=O) groups excluding carboxylic acids is 1. The Kier molecular flexibility index (Phi) is 6.06. The maximum Gasteiger partial charge on any atom is 0.275 e. The molecule has 21 heavy (non-hydrogen) atoms. The standard InChI is InChI=1S/C15H16Cl2N2OS/c1-19(9-13-6-7-14(17)21-13)10-15(20)18-8-11-2-4-12(16)5-3-11/h2-7H,8-10H2,1H3,(H,18,20)/p+1. The largest absolute Gasteiger partial charge is 0.347 e. The molecule has 2 N–H and O–H groups in total. The minimum Gasteiger partial charge on any atom is -0.347 e. The van der Waals surface area contributed by atoms with E-state index >= 15 is 0 Å². The normalized spacial score (nSPS) is 12.1. The summed E-state index contributed by atoms with van der Waals surface area (Å²) in [5, 5.41) is 3.61. The quantitative estimate of drug-likeness (QED) is 0.829. The van der Waals surface area contributed by atoms with Crippen LogP contribution in [0.25, 0.3) is 0 Å². The monoisotopic (exact) mass is 343 g/mol. The molecule has 3 nitrogen and oxygen atoms in total. The molecule has 1 aromatic heterocycles. The van der Waals surface area contributed by atoms with Gasteiger partial charge in [0.2, 0.25) is 0 Å². The molecular weight excluding hydrogens is 327 g/mol. The molecule has 1 unspecified atom stereocenters. The highest BCUT2D eigenvalue weighted by Gasteiger charge is 2.11. The molecule has 6 heteroatoms. The second-order valence-electron chi connectivity index (χ2n) is 4.92. The Bertz CT molecular complexity index is 598. The van der Waals surface area contributed by atoms with Crippen LogP contribution in [0.5, 0.6) is 0 Å². The number of carbonyl (C=O) groups is 1. The zero-order valence-corrected chi connectivity index (χ0v) is 14.0. The zero-order valence-electron chi connectivity index (χ0n) is 11.7. The highest BCUT2D eigenvalue weighted by atomic mass is 35.5. The van der Waals surface area contributed by atoms with Crippen LogP contribution in [0.1, 0.15) is 10.4 Å². The van der Waals surface area contributed by atoms with Gasteiger partial charge in [0.05, 0.1) is 16.3 Å². The van der Waals surface area contributed by atoms with Crippen molar-refractivity contribution in [1.82, 2.24) is 5.32 Å². The van der Waals surface area contributed by atoms with Gasteiger partial charge in [-0.05, 0) is 29.8 Å². The third-order valence-corrected chi connectivity index (χ3v) is 4.45. The fourth-order valence-electron chi connectivity index (χ4n) is 1.95. The number of hydrogen-bond donors (Lipinski definition) is 2. The van der Waals surface area contributed by atoms with E-state index in [0.717, 1.165) is 21.3 Å². The Morgan fingerprint density at radius 1 is 1.19 bits per heavy atom. The molecule has 0 fully saturated rings. The molecule has 0 aliphatic heterocycles. The molecule has 2 rings (SSSR count). The molecule has 2 aromatic rings. The third kappa shape index (κ3) is 5.67. The number of nitrogens with one attached hydrogen (secondary N) is 2. The predicted octanol–water partition coefficient (Wildman–Crippen LogP) is 2.39. The summed E-state index contributed by atoms with van der Waals surface area (Å²) in [7, 11) is 2.00. The first-order chi connectivity index (χ1) is 10.0. The summed E-state index contributed by atoms with van der Waals surface area (Å²) in [5.74, 6) is 0.0325.